The zero-order valence-electron chi connectivity index (χ0n) is 12.9. The molecule has 2 aromatic rings. The molecule has 1 aromatic heterocycles. The SMILES string of the molecule is O=C(CC1CCCC1)Nc1ccc(NC(=O)c2ccco2)cc1. The van der Waals surface area contributed by atoms with Crippen LogP contribution >= 0.6 is 0 Å². The zero-order valence-corrected chi connectivity index (χ0v) is 12.9. The van der Waals surface area contributed by atoms with Crippen LogP contribution in [0.3, 0.4) is 0 Å². The molecule has 1 aromatic carbocycles. The average molecular weight is 312 g/mol. The van der Waals surface area contributed by atoms with Gasteiger partial charge in [-0.2, -0.15) is 0 Å². The Morgan fingerprint density at radius 2 is 1.65 bits per heavy atom. The van der Waals surface area contributed by atoms with Crippen molar-refractivity contribution in [3.8, 4) is 0 Å². The van der Waals surface area contributed by atoms with Crippen molar-refractivity contribution in [2.75, 3.05) is 10.6 Å². The van der Waals surface area contributed by atoms with E-state index in [4.69, 9.17) is 4.42 Å². The first-order chi connectivity index (χ1) is 11.2. The zero-order chi connectivity index (χ0) is 16.1. The van der Waals surface area contributed by atoms with Gasteiger partial charge in [0.05, 0.1) is 6.26 Å². The van der Waals surface area contributed by atoms with E-state index in [9.17, 15) is 9.59 Å². The number of rotatable bonds is 5. The van der Waals surface area contributed by atoms with E-state index in [1.54, 1.807) is 36.4 Å². The van der Waals surface area contributed by atoms with Crippen LogP contribution in [-0.2, 0) is 4.79 Å². The van der Waals surface area contributed by atoms with Gasteiger partial charge < -0.3 is 15.1 Å². The summed E-state index contributed by atoms with van der Waals surface area (Å²) in [5, 5.41) is 5.64. The molecule has 1 heterocycles. The quantitative estimate of drug-likeness (QED) is 0.875. The van der Waals surface area contributed by atoms with Crippen LogP contribution in [0.2, 0.25) is 0 Å². The van der Waals surface area contributed by atoms with Gasteiger partial charge in [0.1, 0.15) is 0 Å². The molecule has 0 spiro atoms. The third-order valence-corrected chi connectivity index (χ3v) is 4.12. The first kappa shape index (κ1) is 15.3. The highest BCUT2D eigenvalue weighted by Gasteiger charge is 2.18. The van der Waals surface area contributed by atoms with Gasteiger partial charge in [0, 0.05) is 17.8 Å². The van der Waals surface area contributed by atoms with E-state index in [-0.39, 0.29) is 17.6 Å². The number of anilines is 2. The molecule has 2 amide bonds. The summed E-state index contributed by atoms with van der Waals surface area (Å²) in [6.45, 7) is 0. The van der Waals surface area contributed by atoms with Crippen molar-refractivity contribution in [3.63, 3.8) is 0 Å². The Morgan fingerprint density at radius 1 is 1.00 bits per heavy atom. The van der Waals surface area contributed by atoms with Crippen LogP contribution in [0.5, 0.6) is 0 Å². The number of nitrogens with one attached hydrogen (secondary N) is 2. The van der Waals surface area contributed by atoms with Crippen LogP contribution < -0.4 is 10.6 Å². The molecule has 23 heavy (non-hydrogen) atoms. The Kier molecular flexibility index (Phi) is 4.76. The van der Waals surface area contributed by atoms with Gasteiger partial charge >= 0.3 is 0 Å². The molecule has 120 valence electrons. The third-order valence-electron chi connectivity index (χ3n) is 4.12. The molecule has 0 bridgehead atoms. The lowest BCUT2D eigenvalue weighted by Crippen LogP contribution is -2.15. The van der Waals surface area contributed by atoms with Crippen molar-refractivity contribution in [3.05, 3.63) is 48.4 Å². The van der Waals surface area contributed by atoms with Crippen LogP contribution in [0.4, 0.5) is 11.4 Å². The van der Waals surface area contributed by atoms with Crippen LogP contribution in [0, 0.1) is 5.92 Å². The largest absolute Gasteiger partial charge is 0.459 e. The van der Waals surface area contributed by atoms with E-state index < -0.39 is 0 Å². The van der Waals surface area contributed by atoms with Crippen molar-refractivity contribution in [2.45, 2.75) is 32.1 Å². The fraction of sp³-hybridized carbons (Fsp3) is 0.333. The molecule has 3 rings (SSSR count). The molecule has 0 radical (unpaired) electrons. The normalized spacial score (nSPS) is 14.6. The highest BCUT2D eigenvalue weighted by molar-refractivity contribution is 6.02. The number of furan rings is 1. The Hall–Kier alpha value is -2.56. The van der Waals surface area contributed by atoms with Gasteiger partial charge in [-0.05, 0) is 55.2 Å². The summed E-state index contributed by atoms with van der Waals surface area (Å²) < 4.78 is 5.04. The van der Waals surface area contributed by atoms with Crippen molar-refractivity contribution in [1.82, 2.24) is 0 Å². The number of hydrogen-bond donors (Lipinski definition) is 2. The van der Waals surface area contributed by atoms with E-state index >= 15 is 0 Å². The average Bonchev–Trinajstić information content (AvgIpc) is 3.22. The monoisotopic (exact) mass is 312 g/mol. The van der Waals surface area contributed by atoms with Gasteiger partial charge in [0.2, 0.25) is 5.91 Å². The molecule has 0 aliphatic heterocycles. The first-order valence-electron chi connectivity index (χ1n) is 7.95. The molecule has 0 unspecified atom stereocenters. The van der Waals surface area contributed by atoms with Crippen molar-refractivity contribution >= 4 is 23.2 Å². The minimum Gasteiger partial charge on any atom is -0.459 e. The Morgan fingerprint density at radius 3 is 2.26 bits per heavy atom. The number of carbonyl (C=O) groups excluding carboxylic acids is 2. The molecular formula is C18H20N2O3. The minimum absolute atomic E-state index is 0.0595. The number of benzene rings is 1. The van der Waals surface area contributed by atoms with Gasteiger partial charge in [-0.15, -0.1) is 0 Å². The lowest BCUT2D eigenvalue weighted by atomic mass is 10.0. The van der Waals surface area contributed by atoms with Crippen LogP contribution in [-0.4, -0.2) is 11.8 Å². The molecule has 1 aliphatic rings. The third kappa shape index (κ3) is 4.22. The first-order valence-corrected chi connectivity index (χ1v) is 7.95. The molecule has 5 nitrogen and oxygen atoms in total. The molecule has 5 heteroatoms. The van der Waals surface area contributed by atoms with E-state index in [1.165, 1.54) is 19.1 Å². The van der Waals surface area contributed by atoms with Crippen LogP contribution in [0.1, 0.15) is 42.7 Å². The molecule has 2 N–H and O–H groups in total. The predicted octanol–water partition coefficient (Wildman–Crippen LogP) is 4.05. The maximum atomic E-state index is 12.0. The molecule has 1 fully saturated rings. The van der Waals surface area contributed by atoms with Crippen LogP contribution in [0.15, 0.2) is 47.1 Å². The number of amides is 2. The summed E-state index contributed by atoms with van der Waals surface area (Å²) in [7, 11) is 0. The summed E-state index contributed by atoms with van der Waals surface area (Å²) in [4.78, 5) is 23.8. The Labute approximate surface area is 135 Å². The lowest BCUT2D eigenvalue weighted by molar-refractivity contribution is -0.117. The fourth-order valence-corrected chi connectivity index (χ4v) is 2.93. The maximum absolute atomic E-state index is 12.0. The maximum Gasteiger partial charge on any atom is 0.291 e. The Bertz CT molecular complexity index is 656. The summed E-state index contributed by atoms with van der Waals surface area (Å²) in [6, 6.07) is 10.3. The Balaban J connectivity index is 1.52. The van der Waals surface area contributed by atoms with Crippen molar-refractivity contribution in [2.24, 2.45) is 5.92 Å². The fourth-order valence-electron chi connectivity index (χ4n) is 2.93. The predicted molar refractivity (Wildman–Crippen MR) is 88.3 cm³/mol. The summed E-state index contributed by atoms with van der Waals surface area (Å²) in [5.74, 6) is 0.554. The molecule has 1 saturated carbocycles. The topological polar surface area (TPSA) is 71.3 Å². The van der Waals surface area contributed by atoms with E-state index in [1.807, 2.05) is 0 Å². The summed E-state index contributed by atoms with van der Waals surface area (Å²) >= 11 is 0. The molecular weight excluding hydrogens is 292 g/mol. The summed E-state index contributed by atoms with van der Waals surface area (Å²) in [5.41, 5.74) is 1.39. The second-order valence-corrected chi connectivity index (χ2v) is 5.91. The minimum atomic E-state index is -0.298. The second kappa shape index (κ2) is 7.13. The van der Waals surface area contributed by atoms with Crippen molar-refractivity contribution in [1.29, 1.82) is 0 Å². The lowest BCUT2D eigenvalue weighted by Gasteiger charge is -2.10. The second-order valence-electron chi connectivity index (χ2n) is 5.91. The highest BCUT2D eigenvalue weighted by Crippen LogP contribution is 2.27. The van der Waals surface area contributed by atoms with E-state index in [2.05, 4.69) is 10.6 Å². The van der Waals surface area contributed by atoms with Gasteiger partial charge in [-0.25, -0.2) is 0 Å². The number of carbonyl (C=O) groups is 2. The molecule has 0 saturated heterocycles. The molecule has 1 aliphatic carbocycles. The van der Waals surface area contributed by atoms with E-state index in [0.29, 0.717) is 18.0 Å². The van der Waals surface area contributed by atoms with Crippen LogP contribution in [0.25, 0.3) is 0 Å². The summed E-state index contributed by atoms with van der Waals surface area (Å²) in [6.07, 6.45) is 6.84. The van der Waals surface area contributed by atoms with Gasteiger partial charge in [-0.1, -0.05) is 12.8 Å². The number of hydrogen-bond acceptors (Lipinski definition) is 3. The molecule has 0 atom stereocenters. The van der Waals surface area contributed by atoms with Gasteiger partial charge in [0.15, 0.2) is 5.76 Å². The van der Waals surface area contributed by atoms with E-state index in [0.717, 1.165) is 18.5 Å². The highest BCUT2D eigenvalue weighted by atomic mass is 16.3. The van der Waals surface area contributed by atoms with Gasteiger partial charge in [0.25, 0.3) is 5.91 Å². The van der Waals surface area contributed by atoms with Gasteiger partial charge in [-0.3, -0.25) is 9.59 Å². The standard InChI is InChI=1S/C18H20N2O3/c21-17(12-13-4-1-2-5-13)19-14-7-9-15(10-8-14)20-18(22)16-6-3-11-23-16/h3,6-11,13H,1-2,4-5,12H2,(H,19,21)(H,20,22). The van der Waals surface area contributed by atoms with Crippen molar-refractivity contribution < 1.29 is 14.0 Å². The smallest absolute Gasteiger partial charge is 0.291 e.